The summed E-state index contributed by atoms with van der Waals surface area (Å²) in [5, 5.41) is 20.4. The molecule has 6 heteroatoms. The number of nitrogens with zero attached hydrogens (tertiary/aromatic N) is 1. The van der Waals surface area contributed by atoms with Gasteiger partial charge >= 0.3 is 5.97 Å². The van der Waals surface area contributed by atoms with Gasteiger partial charge in [0.25, 0.3) is 0 Å². The van der Waals surface area contributed by atoms with Crippen molar-refractivity contribution >= 4 is 23.3 Å². The summed E-state index contributed by atoms with van der Waals surface area (Å²) in [6.07, 6.45) is 16.0. The van der Waals surface area contributed by atoms with Crippen LogP contribution in [0.25, 0.3) is 0 Å². The Morgan fingerprint density at radius 3 is 2.03 bits per heavy atom. The highest BCUT2D eigenvalue weighted by molar-refractivity contribution is 6.31. The molecule has 2 rings (SSSR count). The van der Waals surface area contributed by atoms with Crippen LogP contribution in [0.15, 0.2) is 40.6 Å². The van der Waals surface area contributed by atoms with Crippen molar-refractivity contribution in [3.8, 4) is 0 Å². The third-order valence-corrected chi connectivity index (χ3v) is 6.75. The lowest BCUT2D eigenvalue weighted by Gasteiger charge is -2.08. The van der Waals surface area contributed by atoms with Crippen LogP contribution < -0.4 is 0 Å². The van der Waals surface area contributed by atoms with Gasteiger partial charge in [-0.05, 0) is 24.5 Å². The smallest absolute Gasteiger partial charge is 0.344 e. The highest BCUT2D eigenvalue weighted by atomic mass is 35.5. The number of rotatable bonds is 18. The first-order valence-corrected chi connectivity index (χ1v) is 13.5. The predicted molar refractivity (Wildman–Crippen MR) is 140 cm³/mol. The molecule has 0 bridgehead atoms. The fourth-order valence-electron chi connectivity index (χ4n) is 4.30. The molecule has 1 unspecified atom stereocenters. The van der Waals surface area contributed by atoms with Crippen LogP contribution in [0.3, 0.4) is 0 Å². The van der Waals surface area contributed by atoms with Crippen molar-refractivity contribution in [3.63, 3.8) is 0 Å². The number of carbonyl (C=O) groups is 1. The van der Waals surface area contributed by atoms with Crippen LogP contribution in [-0.4, -0.2) is 34.6 Å². The molecule has 1 atom stereocenters. The van der Waals surface area contributed by atoms with E-state index in [2.05, 4.69) is 11.9 Å². The Hall–Kier alpha value is -1.85. The highest BCUT2D eigenvalue weighted by Crippen LogP contribution is 2.25. The van der Waals surface area contributed by atoms with Crippen LogP contribution in [0.1, 0.15) is 102 Å². The minimum Gasteiger partial charge on any atom is -0.507 e. The van der Waals surface area contributed by atoms with Gasteiger partial charge in [-0.1, -0.05) is 114 Å². The first-order chi connectivity index (χ1) is 16.6. The van der Waals surface area contributed by atoms with Crippen LogP contribution in [0, 0.1) is 0 Å². The lowest BCUT2D eigenvalue weighted by Crippen LogP contribution is -2.15. The van der Waals surface area contributed by atoms with E-state index in [0.717, 1.165) is 24.8 Å². The number of aliphatic hydroxyl groups is 2. The van der Waals surface area contributed by atoms with Gasteiger partial charge in [-0.2, -0.15) is 0 Å². The zero-order valence-corrected chi connectivity index (χ0v) is 21.5. The highest BCUT2D eigenvalue weighted by Gasteiger charge is 2.36. The van der Waals surface area contributed by atoms with Crippen molar-refractivity contribution in [2.24, 2.45) is 4.99 Å². The first-order valence-electron chi connectivity index (χ1n) is 13.1. The number of unbranched alkanes of at least 4 members (excludes halogenated alkanes) is 12. The predicted octanol–water partition coefficient (Wildman–Crippen LogP) is 7.49. The van der Waals surface area contributed by atoms with E-state index in [1.54, 1.807) is 6.07 Å². The monoisotopic (exact) mass is 491 g/mol. The van der Waals surface area contributed by atoms with E-state index in [0.29, 0.717) is 23.7 Å². The summed E-state index contributed by atoms with van der Waals surface area (Å²) in [7, 11) is 0. The zero-order chi connectivity index (χ0) is 24.6. The fraction of sp³-hybridized carbons (Fsp3) is 0.643. The van der Waals surface area contributed by atoms with Crippen molar-refractivity contribution in [3.05, 3.63) is 46.2 Å². The van der Waals surface area contributed by atoms with Gasteiger partial charge in [0.2, 0.25) is 0 Å². The maximum atomic E-state index is 12.3. The Bertz CT molecular complexity index is 805. The second kappa shape index (κ2) is 16.7. The molecule has 1 aliphatic rings. The summed E-state index contributed by atoms with van der Waals surface area (Å²) in [6, 6.07) is 7.46. The van der Waals surface area contributed by atoms with Crippen molar-refractivity contribution in [2.75, 3.05) is 6.61 Å². The van der Waals surface area contributed by atoms with E-state index in [4.69, 9.17) is 16.3 Å². The van der Waals surface area contributed by atoms with E-state index in [1.165, 1.54) is 64.2 Å². The first kappa shape index (κ1) is 28.4. The minimum absolute atomic E-state index is 0.102. The number of carbonyl (C=O) groups excluding carboxylic acids is 1. The Morgan fingerprint density at radius 1 is 0.941 bits per heavy atom. The molecule has 2 N–H and O–H groups in total. The molecule has 0 radical (unpaired) electrons. The van der Waals surface area contributed by atoms with Crippen LogP contribution >= 0.6 is 11.6 Å². The van der Waals surface area contributed by atoms with Crippen LogP contribution in [0.2, 0.25) is 5.02 Å². The van der Waals surface area contributed by atoms with E-state index in [9.17, 15) is 15.0 Å². The number of cyclic esters (lactones) is 1. The third-order valence-electron chi connectivity index (χ3n) is 6.38. The van der Waals surface area contributed by atoms with Gasteiger partial charge < -0.3 is 14.9 Å². The van der Waals surface area contributed by atoms with Gasteiger partial charge in [0.15, 0.2) is 11.9 Å². The molecule has 0 amide bonds. The van der Waals surface area contributed by atoms with Gasteiger partial charge in [-0.15, -0.1) is 0 Å². The number of ether oxygens (including phenoxy) is 1. The Kier molecular flexibility index (Phi) is 14.0. The number of hydrogen-bond donors (Lipinski definition) is 2. The molecule has 34 heavy (non-hydrogen) atoms. The minimum atomic E-state index is -1.00. The van der Waals surface area contributed by atoms with Gasteiger partial charge in [-0.25, -0.2) is 4.79 Å². The molecule has 1 aliphatic heterocycles. The number of aliphatic hydroxyl groups excluding tert-OH is 2. The molecule has 0 fully saturated rings. The molecule has 1 aromatic carbocycles. The van der Waals surface area contributed by atoms with Gasteiger partial charge in [-0.3, -0.25) is 4.99 Å². The van der Waals surface area contributed by atoms with Gasteiger partial charge in [0, 0.05) is 5.02 Å². The van der Waals surface area contributed by atoms with Crippen molar-refractivity contribution in [2.45, 2.75) is 109 Å². The molecule has 0 saturated carbocycles. The molecule has 0 saturated heterocycles. The second-order valence-corrected chi connectivity index (χ2v) is 9.59. The van der Waals surface area contributed by atoms with Crippen LogP contribution in [-0.2, 0) is 16.1 Å². The number of aliphatic imine (C=N–C) groups is 1. The third kappa shape index (κ3) is 9.79. The van der Waals surface area contributed by atoms with Crippen LogP contribution in [0.4, 0.5) is 0 Å². The summed E-state index contributed by atoms with van der Waals surface area (Å²) >= 11 is 6.25. The molecule has 1 heterocycles. The van der Waals surface area contributed by atoms with E-state index in [1.807, 2.05) is 18.2 Å². The largest absolute Gasteiger partial charge is 0.507 e. The van der Waals surface area contributed by atoms with E-state index >= 15 is 0 Å². The van der Waals surface area contributed by atoms with Gasteiger partial charge in [0.1, 0.15) is 5.57 Å². The Balaban J connectivity index is 1.78. The van der Waals surface area contributed by atoms with Gasteiger partial charge in [0.05, 0.1) is 18.9 Å². The number of benzene rings is 1. The second-order valence-electron chi connectivity index (χ2n) is 9.18. The van der Waals surface area contributed by atoms with Crippen molar-refractivity contribution < 1.29 is 19.7 Å². The van der Waals surface area contributed by atoms with Crippen molar-refractivity contribution in [1.82, 2.24) is 0 Å². The fourth-order valence-corrected chi connectivity index (χ4v) is 4.49. The molecule has 0 spiro atoms. The maximum Gasteiger partial charge on any atom is 0.344 e. The quantitative estimate of drug-likeness (QED) is 0.127. The average Bonchev–Trinajstić information content (AvgIpc) is 3.13. The lowest BCUT2D eigenvalue weighted by molar-refractivity contribution is -0.141. The molecule has 190 valence electrons. The summed E-state index contributed by atoms with van der Waals surface area (Å²) in [5.74, 6) is -0.843. The van der Waals surface area contributed by atoms with Crippen molar-refractivity contribution in [1.29, 1.82) is 0 Å². The maximum absolute atomic E-state index is 12.3. The standard InChI is InChI=1S/C28H42ClNO4/c1-2-3-4-5-6-7-8-9-10-11-12-13-14-19-24(26-27(32)25(21-31)34-28(26)33)30-20-22-17-15-16-18-23(22)29/h15-18,25,31-32H,2-14,19-21H2,1H3. The van der Waals surface area contributed by atoms with Crippen LogP contribution in [0.5, 0.6) is 0 Å². The molecule has 1 aromatic rings. The molecule has 5 nitrogen and oxygen atoms in total. The Labute approximate surface area is 210 Å². The topological polar surface area (TPSA) is 79.1 Å². The number of hydrogen-bond acceptors (Lipinski definition) is 5. The zero-order valence-electron chi connectivity index (χ0n) is 20.7. The lowest BCUT2D eigenvalue weighted by atomic mass is 10.0. The summed E-state index contributed by atoms with van der Waals surface area (Å²) in [4.78, 5) is 17.0. The summed E-state index contributed by atoms with van der Waals surface area (Å²) in [5.41, 5.74) is 1.49. The number of esters is 1. The SMILES string of the molecule is CCCCCCCCCCCCCCCC(=NCc1ccccc1Cl)C1=C(O)C(CO)OC1=O. The summed E-state index contributed by atoms with van der Waals surface area (Å²) in [6.45, 7) is 2.13. The molecular formula is C28H42ClNO4. The molecular weight excluding hydrogens is 450 g/mol. The summed E-state index contributed by atoms with van der Waals surface area (Å²) < 4.78 is 5.09. The van der Waals surface area contributed by atoms with E-state index < -0.39 is 18.7 Å². The normalized spacial score (nSPS) is 16.4. The Morgan fingerprint density at radius 2 is 1.50 bits per heavy atom. The van der Waals surface area contributed by atoms with E-state index in [-0.39, 0.29) is 11.3 Å². The molecule has 0 aromatic heterocycles. The number of halogens is 1. The molecule has 0 aliphatic carbocycles. The average molecular weight is 492 g/mol.